The molecule has 2 rings (SSSR count). The Hall–Kier alpha value is -2.03. The van der Waals surface area contributed by atoms with E-state index < -0.39 is 0 Å². The lowest BCUT2D eigenvalue weighted by atomic mass is 10.2. The number of hydrogen-bond acceptors (Lipinski definition) is 3. The molecule has 1 aromatic heterocycles. The van der Waals surface area contributed by atoms with Crippen LogP contribution in [-0.4, -0.2) is 11.0 Å². The molecular weight excluding hydrogens is 222 g/mol. The molecule has 2 aromatic rings. The lowest BCUT2D eigenvalue weighted by Crippen LogP contribution is -2.30. The van der Waals surface area contributed by atoms with Gasteiger partial charge in [-0.15, -0.1) is 0 Å². The summed E-state index contributed by atoms with van der Waals surface area (Å²) >= 11 is 0. The first-order valence-electron chi connectivity index (χ1n) is 6.19. The molecule has 0 aliphatic carbocycles. The van der Waals surface area contributed by atoms with Crippen LogP contribution in [0.1, 0.15) is 19.4 Å². The van der Waals surface area contributed by atoms with Gasteiger partial charge in [-0.3, -0.25) is 0 Å². The highest BCUT2D eigenvalue weighted by molar-refractivity contribution is 5.46. The maximum Gasteiger partial charge on any atom is 0.129 e. The molecule has 0 fully saturated rings. The van der Waals surface area contributed by atoms with Crippen LogP contribution in [0.15, 0.2) is 48.7 Å². The van der Waals surface area contributed by atoms with Gasteiger partial charge in [0.15, 0.2) is 0 Å². The van der Waals surface area contributed by atoms with Crippen molar-refractivity contribution >= 4 is 11.5 Å². The van der Waals surface area contributed by atoms with Gasteiger partial charge in [0.25, 0.3) is 0 Å². The van der Waals surface area contributed by atoms with Crippen molar-refractivity contribution in [3.8, 4) is 0 Å². The van der Waals surface area contributed by atoms with Gasteiger partial charge in [-0.25, -0.2) is 4.98 Å². The van der Waals surface area contributed by atoms with E-state index in [1.165, 1.54) is 5.56 Å². The first-order valence-corrected chi connectivity index (χ1v) is 6.19. The zero-order valence-corrected chi connectivity index (χ0v) is 10.9. The summed E-state index contributed by atoms with van der Waals surface area (Å²) in [5.74, 6) is 0.961. The predicted molar refractivity (Wildman–Crippen MR) is 76.4 cm³/mol. The average Bonchev–Trinajstić information content (AvgIpc) is 2.38. The Kier molecular flexibility index (Phi) is 3.82. The first kappa shape index (κ1) is 12.4. The van der Waals surface area contributed by atoms with Crippen molar-refractivity contribution < 1.29 is 0 Å². The van der Waals surface area contributed by atoms with Crippen LogP contribution in [0.5, 0.6) is 0 Å². The van der Waals surface area contributed by atoms with Gasteiger partial charge in [0.2, 0.25) is 0 Å². The van der Waals surface area contributed by atoms with Gasteiger partial charge >= 0.3 is 0 Å². The van der Waals surface area contributed by atoms with Crippen molar-refractivity contribution in [2.75, 3.05) is 10.6 Å². The lowest BCUT2D eigenvalue weighted by Gasteiger charge is -2.28. The Morgan fingerprint density at radius 3 is 2.39 bits per heavy atom. The molecule has 0 bridgehead atoms. The highest BCUT2D eigenvalue weighted by atomic mass is 15.2. The summed E-state index contributed by atoms with van der Waals surface area (Å²) in [5, 5.41) is 0. The zero-order valence-electron chi connectivity index (χ0n) is 10.9. The third kappa shape index (κ3) is 3.00. The van der Waals surface area contributed by atoms with E-state index in [2.05, 4.69) is 48.0 Å². The van der Waals surface area contributed by atoms with Crippen LogP contribution in [0.2, 0.25) is 0 Å². The summed E-state index contributed by atoms with van der Waals surface area (Å²) in [7, 11) is 0. The number of nitrogen functional groups attached to an aromatic ring is 1. The summed E-state index contributed by atoms with van der Waals surface area (Å²) in [4.78, 5) is 6.66. The standard InChI is InChI=1S/C15H19N3/c1-12(2)18(11-13-6-4-3-5-7-13)15-9-8-14(16)10-17-15/h3-10,12H,11,16H2,1-2H3. The smallest absolute Gasteiger partial charge is 0.129 e. The largest absolute Gasteiger partial charge is 0.397 e. The van der Waals surface area contributed by atoms with Gasteiger partial charge in [0.1, 0.15) is 5.82 Å². The molecule has 0 spiro atoms. The second-order valence-corrected chi connectivity index (χ2v) is 4.66. The van der Waals surface area contributed by atoms with Gasteiger partial charge in [0, 0.05) is 12.6 Å². The van der Waals surface area contributed by atoms with Gasteiger partial charge < -0.3 is 10.6 Å². The predicted octanol–water partition coefficient (Wildman–Crippen LogP) is 3.08. The molecule has 0 unspecified atom stereocenters. The number of nitrogens with two attached hydrogens (primary N) is 1. The number of benzene rings is 1. The van der Waals surface area contributed by atoms with E-state index in [0.717, 1.165) is 12.4 Å². The van der Waals surface area contributed by atoms with Crippen molar-refractivity contribution in [1.29, 1.82) is 0 Å². The average molecular weight is 241 g/mol. The SMILES string of the molecule is CC(C)N(Cc1ccccc1)c1ccc(N)cn1. The molecule has 1 aromatic carbocycles. The van der Waals surface area contributed by atoms with E-state index >= 15 is 0 Å². The van der Waals surface area contributed by atoms with Crippen LogP contribution in [0.4, 0.5) is 11.5 Å². The number of aromatic nitrogens is 1. The number of pyridine rings is 1. The van der Waals surface area contributed by atoms with Gasteiger partial charge in [-0.1, -0.05) is 30.3 Å². The van der Waals surface area contributed by atoms with Crippen LogP contribution in [-0.2, 0) is 6.54 Å². The summed E-state index contributed by atoms with van der Waals surface area (Å²) in [6.45, 7) is 5.19. The molecule has 0 amide bonds. The molecule has 2 N–H and O–H groups in total. The Bertz CT molecular complexity index is 477. The minimum Gasteiger partial charge on any atom is -0.397 e. The van der Waals surface area contributed by atoms with Crippen LogP contribution in [0, 0.1) is 0 Å². The van der Waals surface area contributed by atoms with E-state index in [1.807, 2.05) is 18.2 Å². The third-order valence-electron chi connectivity index (χ3n) is 2.88. The quantitative estimate of drug-likeness (QED) is 0.894. The molecule has 0 saturated carbocycles. The minimum atomic E-state index is 0.390. The summed E-state index contributed by atoms with van der Waals surface area (Å²) in [5.41, 5.74) is 7.65. The Morgan fingerprint density at radius 1 is 1.11 bits per heavy atom. The monoisotopic (exact) mass is 241 g/mol. The summed E-state index contributed by atoms with van der Waals surface area (Å²) in [6.07, 6.45) is 1.70. The summed E-state index contributed by atoms with van der Waals surface area (Å²) in [6, 6.07) is 14.7. The maximum atomic E-state index is 5.67. The van der Waals surface area contributed by atoms with Crippen LogP contribution >= 0.6 is 0 Å². The minimum absolute atomic E-state index is 0.390. The van der Waals surface area contributed by atoms with Crippen LogP contribution in [0.3, 0.4) is 0 Å². The van der Waals surface area contributed by atoms with Gasteiger partial charge in [0.05, 0.1) is 11.9 Å². The lowest BCUT2D eigenvalue weighted by molar-refractivity contribution is 0.673. The molecular formula is C15H19N3. The fourth-order valence-corrected chi connectivity index (χ4v) is 1.88. The number of hydrogen-bond donors (Lipinski definition) is 1. The number of rotatable bonds is 4. The molecule has 3 nitrogen and oxygen atoms in total. The fourth-order valence-electron chi connectivity index (χ4n) is 1.88. The molecule has 18 heavy (non-hydrogen) atoms. The highest BCUT2D eigenvalue weighted by Crippen LogP contribution is 2.18. The zero-order chi connectivity index (χ0) is 13.0. The van der Waals surface area contributed by atoms with E-state index in [1.54, 1.807) is 6.20 Å². The molecule has 1 heterocycles. The van der Waals surface area contributed by atoms with E-state index in [9.17, 15) is 0 Å². The molecule has 94 valence electrons. The molecule has 0 aliphatic rings. The second kappa shape index (κ2) is 5.54. The van der Waals surface area contributed by atoms with E-state index in [0.29, 0.717) is 11.7 Å². The van der Waals surface area contributed by atoms with Gasteiger partial charge in [-0.05, 0) is 31.5 Å². The Morgan fingerprint density at radius 2 is 1.83 bits per heavy atom. The van der Waals surface area contributed by atoms with Crippen molar-refractivity contribution in [3.05, 3.63) is 54.2 Å². The Labute approximate surface area is 108 Å². The van der Waals surface area contributed by atoms with Crippen molar-refractivity contribution in [1.82, 2.24) is 4.98 Å². The van der Waals surface area contributed by atoms with Crippen molar-refractivity contribution in [2.24, 2.45) is 0 Å². The maximum absolute atomic E-state index is 5.67. The van der Waals surface area contributed by atoms with Crippen molar-refractivity contribution in [3.63, 3.8) is 0 Å². The van der Waals surface area contributed by atoms with E-state index in [-0.39, 0.29) is 0 Å². The van der Waals surface area contributed by atoms with Gasteiger partial charge in [-0.2, -0.15) is 0 Å². The van der Waals surface area contributed by atoms with Crippen molar-refractivity contribution in [2.45, 2.75) is 26.4 Å². The number of anilines is 2. The highest BCUT2D eigenvalue weighted by Gasteiger charge is 2.12. The Balaban J connectivity index is 2.21. The van der Waals surface area contributed by atoms with Crippen LogP contribution in [0.25, 0.3) is 0 Å². The number of nitrogens with zero attached hydrogens (tertiary/aromatic N) is 2. The second-order valence-electron chi connectivity index (χ2n) is 4.66. The molecule has 0 radical (unpaired) electrons. The molecule has 0 saturated heterocycles. The summed E-state index contributed by atoms with van der Waals surface area (Å²) < 4.78 is 0. The normalized spacial score (nSPS) is 10.6. The van der Waals surface area contributed by atoms with E-state index in [4.69, 9.17) is 5.73 Å². The molecule has 0 atom stereocenters. The molecule has 0 aliphatic heterocycles. The first-order chi connectivity index (χ1) is 8.66. The molecule has 3 heteroatoms. The van der Waals surface area contributed by atoms with Crippen LogP contribution < -0.4 is 10.6 Å². The third-order valence-corrected chi connectivity index (χ3v) is 2.88. The topological polar surface area (TPSA) is 42.1 Å². The fraction of sp³-hybridized carbons (Fsp3) is 0.267.